The fourth-order valence-electron chi connectivity index (χ4n) is 11.5. The molecule has 0 radical (unpaired) electrons. The van der Waals surface area contributed by atoms with Crippen molar-refractivity contribution in [2.75, 3.05) is 52.9 Å². The van der Waals surface area contributed by atoms with Gasteiger partial charge in [0.25, 0.3) is 0 Å². The lowest BCUT2D eigenvalue weighted by Crippen LogP contribution is -2.68. The molecule has 520 valence electrons. The molecule has 0 amide bonds. The quantitative estimate of drug-likeness (QED) is 0.0479. The standard InChI is InChI=1S/C48H82O41/c49-1-9-17(57)18(58)27(67)42(76-9)84-35-11(3-51)78-44(29(69)20(35)60)86-37-13(5-53)80-46(31(71)22(37)62)88-39-15(7-55)82-48(33(73)24(39)64)89-40-16(8-56)81-47(32(72)25(40)65)87-38-14(6-54)79-45(30(70)23(38)63)85-36-12(4-52)77-43(28(68)21(36)61)83-34-10(2-50)75-41(74)26(66)19(34)59/h9-74H,1-8H2/t9-,10-,11-,12-,13-,14-,15-,16-,17-,18+,19-,20-,21-,22-,23-,24-,25-,26-,27-,28-,29-,30-,31-,32-,33-,34-,35-,36-,37-,38-,39-,40-,41-,42-,43-,44+,45-,46-,47-,48-/m1/s1. The van der Waals surface area contributed by atoms with Gasteiger partial charge in [0.15, 0.2) is 50.3 Å². The predicted octanol–water partition coefficient (Wildman–Crippen LogP) is -18.5. The maximum absolute atomic E-state index is 11.4. The molecule has 89 heavy (non-hydrogen) atoms. The third-order valence-electron chi connectivity index (χ3n) is 16.7. The van der Waals surface area contributed by atoms with E-state index >= 15 is 0 Å². The van der Waals surface area contributed by atoms with Crippen LogP contribution >= 0.6 is 0 Å². The molecule has 0 aromatic heterocycles. The number of ether oxygens (including phenoxy) is 15. The monoisotopic (exact) mass is 1310 g/mol. The van der Waals surface area contributed by atoms with Crippen LogP contribution in [-0.4, -0.2) is 431 Å². The highest BCUT2D eigenvalue weighted by Crippen LogP contribution is 2.39. The van der Waals surface area contributed by atoms with Gasteiger partial charge in [-0.3, -0.25) is 0 Å². The van der Waals surface area contributed by atoms with Gasteiger partial charge in [-0.1, -0.05) is 0 Å². The first kappa shape index (κ1) is 73.2. The molecule has 8 saturated heterocycles. The van der Waals surface area contributed by atoms with Crippen LogP contribution in [0.2, 0.25) is 0 Å². The third kappa shape index (κ3) is 15.0. The topological polar surface area (TPSA) is 664 Å². The van der Waals surface area contributed by atoms with Gasteiger partial charge in [0.2, 0.25) is 0 Å². The summed E-state index contributed by atoms with van der Waals surface area (Å²) in [5, 5.41) is 277. The second-order valence-electron chi connectivity index (χ2n) is 22.4. The number of aliphatic hydroxyl groups excluding tert-OH is 26. The van der Waals surface area contributed by atoms with Crippen LogP contribution in [0, 0.1) is 0 Å². The Kier molecular flexibility index (Phi) is 25.9. The van der Waals surface area contributed by atoms with E-state index in [0.29, 0.717) is 0 Å². The molecule has 0 spiro atoms. The van der Waals surface area contributed by atoms with E-state index in [1.807, 2.05) is 0 Å². The van der Waals surface area contributed by atoms with E-state index in [1.165, 1.54) is 0 Å². The van der Waals surface area contributed by atoms with Crippen LogP contribution in [0.15, 0.2) is 0 Å². The van der Waals surface area contributed by atoms with Gasteiger partial charge >= 0.3 is 0 Å². The summed E-state index contributed by atoms with van der Waals surface area (Å²) in [6.07, 6.45) is -78.4. The zero-order valence-electron chi connectivity index (χ0n) is 46.5. The summed E-state index contributed by atoms with van der Waals surface area (Å²) in [6.45, 7) is -8.07. The van der Waals surface area contributed by atoms with Crippen molar-refractivity contribution in [2.24, 2.45) is 0 Å². The number of hydrogen-bond donors (Lipinski definition) is 26. The first-order valence-corrected chi connectivity index (χ1v) is 28.2. The Morgan fingerprint density at radius 2 is 0.326 bits per heavy atom. The smallest absolute Gasteiger partial charge is 0.187 e. The largest absolute Gasteiger partial charge is 0.394 e. The van der Waals surface area contributed by atoms with E-state index in [-0.39, 0.29) is 0 Å². The second kappa shape index (κ2) is 31.5. The third-order valence-corrected chi connectivity index (χ3v) is 16.7. The Balaban J connectivity index is 0.850. The number of hydrogen-bond acceptors (Lipinski definition) is 41. The molecule has 0 aromatic carbocycles. The van der Waals surface area contributed by atoms with Crippen molar-refractivity contribution in [3.05, 3.63) is 0 Å². The van der Waals surface area contributed by atoms with Crippen molar-refractivity contribution in [1.29, 1.82) is 0 Å². The first-order valence-electron chi connectivity index (χ1n) is 28.2. The van der Waals surface area contributed by atoms with E-state index in [4.69, 9.17) is 71.1 Å². The highest BCUT2D eigenvalue weighted by molar-refractivity contribution is 5.02. The van der Waals surface area contributed by atoms with Crippen LogP contribution in [0.5, 0.6) is 0 Å². The minimum atomic E-state index is -2.26. The van der Waals surface area contributed by atoms with Crippen molar-refractivity contribution in [3.63, 3.8) is 0 Å². The first-order chi connectivity index (χ1) is 42.2. The molecule has 8 heterocycles. The highest BCUT2D eigenvalue weighted by atomic mass is 16.8. The van der Waals surface area contributed by atoms with Crippen LogP contribution in [0.3, 0.4) is 0 Å². The lowest BCUT2D eigenvalue weighted by atomic mass is 9.95. The highest BCUT2D eigenvalue weighted by Gasteiger charge is 2.59. The molecule has 41 nitrogen and oxygen atoms in total. The Bertz CT molecular complexity index is 2120. The molecule has 8 aliphatic heterocycles. The molecule has 41 heteroatoms. The normalized spacial score (nSPS) is 53.6. The number of aliphatic hydroxyl groups is 26. The minimum absolute atomic E-state index is 0.854. The van der Waals surface area contributed by atoms with E-state index in [0.717, 1.165) is 0 Å². The average molecular weight is 1320 g/mol. The van der Waals surface area contributed by atoms with Crippen LogP contribution in [-0.2, 0) is 71.1 Å². The van der Waals surface area contributed by atoms with Gasteiger partial charge < -0.3 is 204 Å². The molecule has 8 fully saturated rings. The molecule has 0 bridgehead atoms. The molecule has 0 saturated carbocycles. The summed E-state index contributed by atoms with van der Waals surface area (Å²) in [4.78, 5) is 0. The Hall–Kier alpha value is -1.64. The Morgan fingerprint density at radius 1 is 0.169 bits per heavy atom. The molecule has 8 rings (SSSR count). The van der Waals surface area contributed by atoms with Gasteiger partial charge in [0.05, 0.1) is 52.9 Å². The summed E-state index contributed by atoms with van der Waals surface area (Å²) in [5.74, 6) is 0. The van der Waals surface area contributed by atoms with Crippen LogP contribution < -0.4 is 0 Å². The maximum Gasteiger partial charge on any atom is 0.187 e. The second-order valence-corrected chi connectivity index (χ2v) is 22.4. The summed E-state index contributed by atoms with van der Waals surface area (Å²) in [5.41, 5.74) is 0. The van der Waals surface area contributed by atoms with Gasteiger partial charge in [-0.25, -0.2) is 0 Å². The van der Waals surface area contributed by atoms with Gasteiger partial charge in [0, 0.05) is 0 Å². The fraction of sp³-hybridized carbons (Fsp3) is 1.00. The fourth-order valence-corrected chi connectivity index (χ4v) is 11.5. The molecule has 0 aromatic rings. The van der Waals surface area contributed by atoms with Crippen LogP contribution in [0.4, 0.5) is 0 Å². The molecule has 26 N–H and O–H groups in total. The molecular formula is C48H82O41. The summed E-state index contributed by atoms with van der Waals surface area (Å²) in [6, 6.07) is 0. The lowest BCUT2D eigenvalue weighted by Gasteiger charge is -2.50. The molecule has 8 aliphatic rings. The van der Waals surface area contributed by atoms with Crippen LogP contribution in [0.25, 0.3) is 0 Å². The zero-order valence-corrected chi connectivity index (χ0v) is 46.5. The summed E-state index contributed by atoms with van der Waals surface area (Å²) in [7, 11) is 0. The molecule has 40 atom stereocenters. The molecular weight excluding hydrogens is 1230 g/mol. The minimum Gasteiger partial charge on any atom is -0.394 e. The van der Waals surface area contributed by atoms with Gasteiger partial charge in [-0.15, -0.1) is 0 Å². The van der Waals surface area contributed by atoms with E-state index in [2.05, 4.69) is 0 Å². The van der Waals surface area contributed by atoms with Gasteiger partial charge in [-0.2, -0.15) is 0 Å². The van der Waals surface area contributed by atoms with Crippen molar-refractivity contribution in [1.82, 2.24) is 0 Å². The number of rotatable bonds is 22. The lowest BCUT2D eigenvalue weighted by molar-refractivity contribution is -0.399. The van der Waals surface area contributed by atoms with Gasteiger partial charge in [-0.05, 0) is 0 Å². The van der Waals surface area contributed by atoms with Crippen molar-refractivity contribution < 1.29 is 204 Å². The maximum atomic E-state index is 11.4. The Labute approximate surface area is 501 Å². The van der Waals surface area contributed by atoms with Crippen molar-refractivity contribution in [2.45, 2.75) is 246 Å². The molecule has 0 aliphatic carbocycles. The average Bonchev–Trinajstić information content (AvgIpc) is 1.20. The van der Waals surface area contributed by atoms with E-state index in [1.54, 1.807) is 0 Å². The van der Waals surface area contributed by atoms with E-state index < -0.39 is 299 Å². The van der Waals surface area contributed by atoms with E-state index in [9.17, 15) is 133 Å². The van der Waals surface area contributed by atoms with Crippen molar-refractivity contribution >= 4 is 0 Å². The zero-order chi connectivity index (χ0) is 65.4. The predicted molar refractivity (Wildman–Crippen MR) is 264 cm³/mol. The van der Waals surface area contributed by atoms with Gasteiger partial charge in [0.1, 0.15) is 195 Å². The van der Waals surface area contributed by atoms with Crippen molar-refractivity contribution in [3.8, 4) is 0 Å². The summed E-state index contributed by atoms with van der Waals surface area (Å²) < 4.78 is 83.4. The summed E-state index contributed by atoms with van der Waals surface area (Å²) >= 11 is 0. The molecule has 0 unspecified atom stereocenters. The van der Waals surface area contributed by atoms with Crippen LogP contribution in [0.1, 0.15) is 0 Å². The Morgan fingerprint density at radius 3 is 0.517 bits per heavy atom. The SMILES string of the molecule is OC[C@H]1O[C@H](O[C@H]2[C@H](O)[C@@H](O)[C@H](O[C@H]3[C@H](O)[C@@H](O)[C@@H](O[C@H]4[C@H](O)[C@@H](O)[C@@H](O[C@H]5[C@H](O)[C@@H](O)[C@@H](O[C@H]6[C@H](O)[C@@H](O)[C@@H](O[C@H]7[C@H](O)[C@@H](O)[C@@H](O[C@H]8[C@H](O)[C@@H](O)[C@H](O)O[C@@H]8CO)O[C@@H]7CO)O[C@@H]6CO)O[C@@H]5CO)O[C@@H]4CO)O[C@@H]3CO)O[C@@H]2CO)[C@H](O)[C@@H](O)[C@@H]1O.